The van der Waals surface area contributed by atoms with Crippen LogP contribution in [0.25, 0.3) is 5.82 Å². The summed E-state index contributed by atoms with van der Waals surface area (Å²) in [6.07, 6.45) is 5.00. The van der Waals surface area contributed by atoms with Gasteiger partial charge in [0, 0.05) is 18.0 Å². The molecule has 4 aromatic rings. The lowest BCUT2D eigenvalue weighted by atomic mass is 10.0. The van der Waals surface area contributed by atoms with E-state index in [9.17, 15) is 9.59 Å². The molecule has 0 aliphatic carbocycles. The Morgan fingerprint density at radius 1 is 0.963 bits per heavy atom. The van der Waals surface area contributed by atoms with E-state index in [4.69, 9.17) is 0 Å². The van der Waals surface area contributed by atoms with E-state index in [0.29, 0.717) is 27.5 Å². The van der Waals surface area contributed by atoms with Crippen LogP contribution in [0, 0.1) is 0 Å². The van der Waals surface area contributed by atoms with Crippen molar-refractivity contribution in [3.8, 4) is 5.82 Å². The summed E-state index contributed by atoms with van der Waals surface area (Å²) < 4.78 is 1.63. The van der Waals surface area contributed by atoms with Crippen LogP contribution in [0.4, 0.5) is 5.69 Å². The number of pyridine rings is 1. The predicted octanol–water partition coefficient (Wildman–Crippen LogP) is 3.81. The second-order valence-electron chi connectivity index (χ2n) is 5.66. The van der Waals surface area contributed by atoms with E-state index in [1.807, 2.05) is 11.4 Å². The fraction of sp³-hybridized carbons (Fsp3) is 0. The molecule has 1 aromatic carbocycles. The molecule has 0 spiro atoms. The number of aromatic nitrogens is 3. The first kappa shape index (κ1) is 16.9. The van der Waals surface area contributed by atoms with Gasteiger partial charge >= 0.3 is 0 Å². The minimum absolute atomic E-state index is 0.164. The first-order valence-electron chi connectivity index (χ1n) is 8.17. The number of carbonyl (C=O) groups excluding carboxylic acids is 2. The third kappa shape index (κ3) is 3.54. The number of thiophene rings is 1. The van der Waals surface area contributed by atoms with Gasteiger partial charge in [0.15, 0.2) is 5.82 Å². The number of anilines is 1. The number of nitrogens with zero attached hydrogens (tertiary/aromatic N) is 3. The highest BCUT2D eigenvalue weighted by Crippen LogP contribution is 2.19. The van der Waals surface area contributed by atoms with E-state index in [-0.39, 0.29) is 11.7 Å². The van der Waals surface area contributed by atoms with Crippen molar-refractivity contribution < 1.29 is 9.59 Å². The Morgan fingerprint density at radius 3 is 2.48 bits per heavy atom. The molecule has 0 aliphatic rings. The number of benzene rings is 1. The molecule has 0 radical (unpaired) electrons. The first-order chi connectivity index (χ1) is 13.2. The fourth-order valence-electron chi connectivity index (χ4n) is 2.62. The second kappa shape index (κ2) is 7.35. The van der Waals surface area contributed by atoms with Gasteiger partial charge in [-0.25, -0.2) is 9.67 Å². The van der Waals surface area contributed by atoms with Crippen LogP contribution in [0.15, 0.2) is 78.6 Å². The molecule has 4 rings (SSSR count). The Labute approximate surface area is 159 Å². The minimum atomic E-state index is -0.357. The van der Waals surface area contributed by atoms with Gasteiger partial charge in [-0.2, -0.15) is 5.10 Å². The zero-order valence-corrected chi connectivity index (χ0v) is 14.9. The molecule has 0 saturated carbocycles. The molecule has 27 heavy (non-hydrogen) atoms. The van der Waals surface area contributed by atoms with Crippen LogP contribution in [0.3, 0.4) is 0 Å². The first-order valence-corrected chi connectivity index (χ1v) is 9.05. The average molecular weight is 374 g/mol. The van der Waals surface area contributed by atoms with Crippen LogP contribution < -0.4 is 5.32 Å². The van der Waals surface area contributed by atoms with E-state index < -0.39 is 0 Å². The molecule has 7 heteroatoms. The molecule has 0 fully saturated rings. The number of ketones is 1. The highest BCUT2D eigenvalue weighted by atomic mass is 32.1. The van der Waals surface area contributed by atoms with Gasteiger partial charge < -0.3 is 5.32 Å². The third-order valence-electron chi connectivity index (χ3n) is 3.91. The summed E-state index contributed by atoms with van der Waals surface area (Å²) in [4.78, 5) is 30.3. The van der Waals surface area contributed by atoms with Crippen molar-refractivity contribution in [2.45, 2.75) is 0 Å². The van der Waals surface area contributed by atoms with Crippen LogP contribution >= 0.6 is 11.3 Å². The van der Waals surface area contributed by atoms with Gasteiger partial charge in [-0.05, 0) is 35.7 Å². The van der Waals surface area contributed by atoms with Gasteiger partial charge in [-0.3, -0.25) is 9.59 Å². The summed E-state index contributed by atoms with van der Waals surface area (Å²) in [6, 6.07) is 15.7. The quantitative estimate of drug-likeness (QED) is 0.539. The zero-order chi connectivity index (χ0) is 18.6. The minimum Gasteiger partial charge on any atom is -0.321 e. The maximum Gasteiger partial charge on any atom is 0.256 e. The van der Waals surface area contributed by atoms with Crippen LogP contribution in [-0.2, 0) is 0 Å². The average Bonchev–Trinajstić information content (AvgIpc) is 3.42. The van der Waals surface area contributed by atoms with Crippen molar-refractivity contribution in [2.24, 2.45) is 0 Å². The summed E-state index contributed by atoms with van der Waals surface area (Å²) in [5, 5.41) is 8.74. The monoisotopic (exact) mass is 374 g/mol. The van der Waals surface area contributed by atoms with E-state index in [1.54, 1.807) is 71.8 Å². The van der Waals surface area contributed by atoms with Crippen molar-refractivity contribution in [1.82, 2.24) is 14.8 Å². The maximum absolute atomic E-state index is 12.7. The largest absolute Gasteiger partial charge is 0.321 e. The Hall–Kier alpha value is -3.58. The van der Waals surface area contributed by atoms with Gasteiger partial charge in [-0.15, -0.1) is 11.3 Å². The lowest BCUT2D eigenvalue weighted by Gasteiger charge is -2.09. The number of rotatable bonds is 5. The predicted molar refractivity (Wildman–Crippen MR) is 104 cm³/mol. The van der Waals surface area contributed by atoms with E-state index >= 15 is 0 Å². The van der Waals surface area contributed by atoms with Gasteiger partial charge in [0.05, 0.1) is 22.3 Å². The smallest absolute Gasteiger partial charge is 0.256 e. The number of nitrogens with one attached hydrogen (secondary N) is 1. The van der Waals surface area contributed by atoms with Gasteiger partial charge in [0.2, 0.25) is 5.78 Å². The van der Waals surface area contributed by atoms with Crippen LogP contribution in [0.5, 0.6) is 0 Å². The zero-order valence-electron chi connectivity index (χ0n) is 14.1. The van der Waals surface area contributed by atoms with Gasteiger partial charge in [-0.1, -0.05) is 24.3 Å². The topological polar surface area (TPSA) is 76.9 Å². The molecule has 1 amide bonds. The molecule has 3 heterocycles. The molecule has 0 atom stereocenters. The summed E-state index contributed by atoms with van der Waals surface area (Å²) in [7, 11) is 0. The standard InChI is InChI=1S/C20H14N4O2S/c25-19(17-7-3-12-27-17)15-5-1-2-6-16(15)20(26)23-14-8-9-18(21-13-14)24-11-4-10-22-24/h1-13H,(H,23,26). The molecule has 0 bridgehead atoms. The van der Waals surface area contributed by atoms with Crippen molar-refractivity contribution in [3.63, 3.8) is 0 Å². The molecular weight excluding hydrogens is 360 g/mol. The Bertz CT molecular complexity index is 1070. The fourth-order valence-corrected chi connectivity index (χ4v) is 3.30. The van der Waals surface area contributed by atoms with Gasteiger partial charge in [0.25, 0.3) is 5.91 Å². The van der Waals surface area contributed by atoms with Crippen LogP contribution in [0.1, 0.15) is 25.6 Å². The van der Waals surface area contributed by atoms with E-state index in [0.717, 1.165) is 0 Å². The molecule has 132 valence electrons. The molecule has 6 nitrogen and oxygen atoms in total. The maximum atomic E-state index is 12.7. The summed E-state index contributed by atoms with van der Waals surface area (Å²) in [6.45, 7) is 0. The molecule has 1 N–H and O–H groups in total. The number of hydrogen-bond donors (Lipinski definition) is 1. The Kier molecular flexibility index (Phi) is 4.59. The lowest BCUT2D eigenvalue weighted by Crippen LogP contribution is -2.16. The number of amides is 1. The van der Waals surface area contributed by atoms with Crippen LogP contribution in [-0.4, -0.2) is 26.5 Å². The van der Waals surface area contributed by atoms with E-state index in [2.05, 4.69) is 15.4 Å². The van der Waals surface area contributed by atoms with E-state index in [1.165, 1.54) is 11.3 Å². The highest BCUT2D eigenvalue weighted by Gasteiger charge is 2.18. The van der Waals surface area contributed by atoms with Crippen molar-refractivity contribution in [2.75, 3.05) is 5.32 Å². The third-order valence-corrected chi connectivity index (χ3v) is 4.77. The number of hydrogen-bond acceptors (Lipinski definition) is 5. The van der Waals surface area contributed by atoms with Gasteiger partial charge in [0.1, 0.15) is 0 Å². The molecule has 0 aliphatic heterocycles. The van der Waals surface area contributed by atoms with Crippen molar-refractivity contribution >= 4 is 28.7 Å². The van der Waals surface area contributed by atoms with Crippen molar-refractivity contribution in [3.05, 3.63) is 94.6 Å². The lowest BCUT2D eigenvalue weighted by molar-refractivity contribution is 0.0997. The SMILES string of the molecule is O=C(Nc1ccc(-n2cccn2)nc1)c1ccccc1C(=O)c1cccs1. The summed E-state index contributed by atoms with van der Waals surface area (Å²) >= 11 is 1.35. The second-order valence-corrected chi connectivity index (χ2v) is 6.61. The Balaban J connectivity index is 1.56. The summed E-state index contributed by atoms with van der Waals surface area (Å²) in [5.74, 6) is 0.123. The van der Waals surface area contributed by atoms with Crippen LogP contribution in [0.2, 0.25) is 0 Å². The summed E-state index contributed by atoms with van der Waals surface area (Å²) in [5.41, 5.74) is 1.24. The van der Waals surface area contributed by atoms with Crippen molar-refractivity contribution in [1.29, 1.82) is 0 Å². The molecular formula is C20H14N4O2S. The molecule has 3 aromatic heterocycles. The number of carbonyl (C=O) groups is 2. The molecule has 0 unspecified atom stereocenters. The normalized spacial score (nSPS) is 10.5. The highest BCUT2D eigenvalue weighted by molar-refractivity contribution is 7.12. The molecule has 0 saturated heterocycles. The Morgan fingerprint density at radius 2 is 1.81 bits per heavy atom.